The van der Waals surface area contributed by atoms with Gasteiger partial charge in [-0.1, -0.05) is 17.7 Å². The molecule has 0 aliphatic heterocycles. The van der Waals surface area contributed by atoms with Crippen molar-refractivity contribution in [3.63, 3.8) is 0 Å². The summed E-state index contributed by atoms with van der Waals surface area (Å²) in [5.74, 6) is -0.455. The predicted molar refractivity (Wildman–Crippen MR) is 54.7 cm³/mol. The highest BCUT2D eigenvalue weighted by molar-refractivity contribution is 6.30. The summed E-state index contributed by atoms with van der Waals surface area (Å²) in [5, 5.41) is 8.71. The predicted octanol–water partition coefficient (Wildman–Crippen LogP) is 2.25. The topological polar surface area (TPSA) is 46.2 Å². The largest absolute Gasteiger partial charge is 0.396 e. The monoisotopic (exact) mass is 217 g/mol. The molecule has 0 saturated carbocycles. The lowest BCUT2D eigenvalue weighted by Gasteiger charge is -2.11. The van der Waals surface area contributed by atoms with Gasteiger partial charge in [0.05, 0.1) is 5.02 Å². The molecule has 1 aromatic rings. The van der Waals surface area contributed by atoms with Crippen LogP contribution in [0.15, 0.2) is 18.2 Å². The van der Waals surface area contributed by atoms with Gasteiger partial charge in [0.25, 0.3) is 0 Å². The summed E-state index contributed by atoms with van der Waals surface area (Å²) in [6.07, 6.45) is 1.25. The molecular formula is C10H13ClFNO. The molecule has 78 valence electrons. The minimum Gasteiger partial charge on any atom is -0.396 e. The maximum atomic E-state index is 13.0. The molecule has 0 fully saturated rings. The molecule has 0 radical (unpaired) electrons. The van der Waals surface area contributed by atoms with Crippen molar-refractivity contribution in [3.8, 4) is 0 Å². The second-order valence-corrected chi connectivity index (χ2v) is 3.55. The van der Waals surface area contributed by atoms with E-state index in [4.69, 9.17) is 22.4 Å². The van der Waals surface area contributed by atoms with Gasteiger partial charge in [0, 0.05) is 12.6 Å². The summed E-state index contributed by atoms with van der Waals surface area (Å²) < 4.78 is 13.0. The van der Waals surface area contributed by atoms with Crippen LogP contribution in [0.5, 0.6) is 0 Å². The first-order valence-electron chi connectivity index (χ1n) is 4.46. The summed E-state index contributed by atoms with van der Waals surface area (Å²) in [6.45, 7) is 0.101. The third kappa shape index (κ3) is 2.94. The zero-order valence-electron chi connectivity index (χ0n) is 7.71. The maximum Gasteiger partial charge on any atom is 0.142 e. The summed E-state index contributed by atoms with van der Waals surface area (Å²) in [4.78, 5) is 0. The highest BCUT2D eigenvalue weighted by Gasteiger charge is 2.08. The van der Waals surface area contributed by atoms with Crippen LogP contribution in [0.1, 0.15) is 24.4 Å². The fourth-order valence-corrected chi connectivity index (χ4v) is 1.34. The molecule has 1 atom stereocenters. The van der Waals surface area contributed by atoms with Gasteiger partial charge in [-0.15, -0.1) is 0 Å². The average molecular weight is 218 g/mol. The molecule has 4 heteroatoms. The Kier molecular flexibility index (Phi) is 4.32. The zero-order chi connectivity index (χ0) is 10.6. The molecule has 0 amide bonds. The average Bonchev–Trinajstić information content (AvgIpc) is 2.18. The molecule has 0 spiro atoms. The van der Waals surface area contributed by atoms with Gasteiger partial charge in [-0.3, -0.25) is 0 Å². The van der Waals surface area contributed by atoms with Gasteiger partial charge in [0.1, 0.15) is 5.82 Å². The van der Waals surface area contributed by atoms with E-state index in [-0.39, 0.29) is 17.7 Å². The summed E-state index contributed by atoms with van der Waals surface area (Å²) >= 11 is 5.53. The van der Waals surface area contributed by atoms with Gasteiger partial charge in [-0.05, 0) is 30.5 Å². The molecule has 1 rings (SSSR count). The molecule has 14 heavy (non-hydrogen) atoms. The normalized spacial score (nSPS) is 12.9. The molecule has 3 N–H and O–H groups in total. The molecule has 2 nitrogen and oxygen atoms in total. The minimum absolute atomic E-state index is 0.100. The number of aliphatic hydroxyl groups is 1. The quantitative estimate of drug-likeness (QED) is 0.813. The third-order valence-electron chi connectivity index (χ3n) is 2.05. The van der Waals surface area contributed by atoms with Crippen molar-refractivity contribution < 1.29 is 9.50 Å². The van der Waals surface area contributed by atoms with E-state index in [0.717, 1.165) is 0 Å². The summed E-state index contributed by atoms with van der Waals surface area (Å²) in [6, 6.07) is 4.29. The van der Waals surface area contributed by atoms with Crippen molar-refractivity contribution in [1.82, 2.24) is 0 Å². The molecule has 0 aliphatic rings. The molecule has 0 bridgehead atoms. The Balaban J connectivity index is 2.70. The minimum atomic E-state index is -0.455. The van der Waals surface area contributed by atoms with E-state index in [0.29, 0.717) is 18.4 Å². The lowest BCUT2D eigenvalue weighted by molar-refractivity contribution is 0.280. The van der Waals surface area contributed by atoms with Gasteiger partial charge in [0.15, 0.2) is 0 Å². The van der Waals surface area contributed by atoms with E-state index in [2.05, 4.69) is 0 Å². The van der Waals surface area contributed by atoms with Crippen LogP contribution in [0.2, 0.25) is 5.02 Å². The first-order chi connectivity index (χ1) is 6.65. The van der Waals surface area contributed by atoms with E-state index < -0.39 is 5.82 Å². The van der Waals surface area contributed by atoms with E-state index in [1.807, 2.05) is 0 Å². The Hall–Kier alpha value is -0.640. The van der Waals surface area contributed by atoms with Crippen molar-refractivity contribution in [3.05, 3.63) is 34.6 Å². The van der Waals surface area contributed by atoms with Crippen LogP contribution < -0.4 is 5.73 Å². The van der Waals surface area contributed by atoms with Crippen molar-refractivity contribution in [2.75, 3.05) is 6.61 Å². The second-order valence-electron chi connectivity index (χ2n) is 3.15. The Bertz CT molecular complexity index is 306. The van der Waals surface area contributed by atoms with Gasteiger partial charge in [-0.2, -0.15) is 0 Å². The Morgan fingerprint density at radius 1 is 1.50 bits per heavy atom. The van der Waals surface area contributed by atoms with Gasteiger partial charge < -0.3 is 10.8 Å². The number of hydrogen-bond donors (Lipinski definition) is 2. The van der Waals surface area contributed by atoms with Crippen LogP contribution in [0.25, 0.3) is 0 Å². The van der Waals surface area contributed by atoms with Crippen LogP contribution in [-0.2, 0) is 0 Å². The van der Waals surface area contributed by atoms with Crippen molar-refractivity contribution >= 4 is 11.6 Å². The third-order valence-corrected chi connectivity index (χ3v) is 2.35. The Labute approximate surface area is 87.5 Å². The van der Waals surface area contributed by atoms with E-state index in [1.54, 1.807) is 6.07 Å². The zero-order valence-corrected chi connectivity index (χ0v) is 8.47. The van der Waals surface area contributed by atoms with E-state index in [9.17, 15) is 4.39 Å². The van der Waals surface area contributed by atoms with Crippen molar-refractivity contribution in [2.45, 2.75) is 18.9 Å². The molecule has 0 aliphatic carbocycles. The smallest absolute Gasteiger partial charge is 0.142 e. The second kappa shape index (κ2) is 5.29. The molecule has 0 unspecified atom stereocenters. The maximum absolute atomic E-state index is 13.0. The lowest BCUT2D eigenvalue weighted by atomic mass is 10.0. The number of rotatable bonds is 4. The van der Waals surface area contributed by atoms with Crippen LogP contribution in [0.4, 0.5) is 4.39 Å². The van der Waals surface area contributed by atoms with Crippen LogP contribution in [-0.4, -0.2) is 11.7 Å². The molecule has 0 saturated heterocycles. The standard InChI is InChI=1S/C10H13ClFNO/c11-8-4-3-7(6-9(8)12)10(13)2-1-5-14/h3-4,6,10,14H,1-2,5,13H2/t10-/m1/s1. The van der Waals surface area contributed by atoms with Crippen molar-refractivity contribution in [1.29, 1.82) is 0 Å². The number of nitrogens with two attached hydrogens (primary N) is 1. The Morgan fingerprint density at radius 3 is 2.79 bits per heavy atom. The molecule has 1 aromatic carbocycles. The summed E-state index contributed by atoms with van der Waals surface area (Å²) in [5.41, 5.74) is 6.49. The number of hydrogen-bond acceptors (Lipinski definition) is 2. The number of benzene rings is 1. The highest BCUT2D eigenvalue weighted by Crippen LogP contribution is 2.21. The molecular weight excluding hydrogens is 205 g/mol. The lowest BCUT2D eigenvalue weighted by Crippen LogP contribution is -2.11. The fraction of sp³-hybridized carbons (Fsp3) is 0.400. The van der Waals surface area contributed by atoms with Gasteiger partial charge in [-0.25, -0.2) is 4.39 Å². The first-order valence-corrected chi connectivity index (χ1v) is 4.84. The number of halogens is 2. The van der Waals surface area contributed by atoms with Gasteiger partial charge >= 0.3 is 0 Å². The summed E-state index contributed by atoms with van der Waals surface area (Å²) in [7, 11) is 0. The van der Waals surface area contributed by atoms with E-state index >= 15 is 0 Å². The molecule has 0 heterocycles. The van der Waals surface area contributed by atoms with Crippen molar-refractivity contribution in [2.24, 2.45) is 5.73 Å². The fourth-order valence-electron chi connectivity index (χ4n) is 1.22. The number of aliphatic hydroxyl groups excluding tert-OH is 1. The Morgan fingerprint density at radius 2 is 2.21 bits per heavy atom. The van der Waals surface area contributed by atoms with Crippen LogP contribution in [0, 0.1) is 5.82 Å². The van der Waals surface area contributed by atoms with Crippen LogP contribution >= 0.6 is 11.6 Å². The molecule has 0 aromatic heterocycles. The van der Waals surface area contributed by atoms with E-state index in [1.165, 1.54) is 12.1 Å². The first kappa shape index (κ1) is 11.4. The SMILES string of the molecule is N[C@H](CCCO)c1ccc(Cl)c(F)c1. The van der Waals surface area contributed by atoms with Gasteiger partial charge in [0.2, 0.25) is 0 Å². The van der Waals surface area contributed by atoms with Crippen LogP contribution in [0.3, 0.4) is 0 Å². The highest BCUT2D eigenvalue weighted by atomic mass is 35.5.